The van der Waals surface area contributed by atoms with Gasteiger partial charge in [0.25, 0.3) is 11.6 Å². The zero-order valence-electron chi connectivity index (χ0n) is 11.0. The number of carbonyl (C=O) groups excluding carboxylic acids is 1. The van der Waals surface area contributed by atoms with Gasteiger partial charge in [-0.2, -0.15) is 0 Å². The molecule has 1 amide bonds. The summed E-state index contributed by atoms with van der Waals surface area (Å²) in [6, 6.07) is 4.24. The van der Waals surface area contributed by atoms with Gasteiger partial charge in [-0.25, -0.2) is 0 Å². The van der Waals surface area contributed by atoms with E-state index in [2.05, 4.69) is 10.6 Å². The van der Waals surface area contributed by atoms with Crippen molar-refractivity contribution in [2.24, 2.45) is 0 Å². The molecule has 1 saturated carbocycles. The molecular formula is C13H17N3O3. The predicted molar refractivity (Wildman–Crippen MR) is 72.4 cm³/mol. The number of hydrogen-bond donors (Lipinski definition) is 2. The number of carbonyl (C=O) groups is 1. The zero-order valence-corrected chi connectivity index (χ0v) is 11.0. The first kappa shape index (κ1) is 13.3. The van der Waals surface area contributed by atoms with E-state index in [1.807, 2.05) is 6.92 Å². The summed E-state index contributed by atoms with van der Waals surface area (Å²) < 4.78 is 0. The molecule has 0 unspecified atom stereocenters. The van der Waals surface area contributed by atoms with Crippen LogP contribution in [0.4, 0.5) is 11.4 Å². The van der Waals surface area contributed by atoms with Crippen LogP contribution in [0.2, 0.25) is 0 Å². The van der Waals surface area contributed by atoms with Crippen LogP contribution in [0.15, 0.2) is 18.2 Å². The number of nitrogens with one attached hydrogen (secondary N) is 2. The zero-order chi connectivity index (χ0) is 14.0. The number of amides is 1. The van der Waals surface area contributed by atoms with Crippen molar-refractivity contribution in [3.63, 3.8) is 0 Å². The number of anilines is 1. The molecule has 1 aliphatic carbocycles. The molecule has 0 aliphatic heterocycles. The molecule has 6 nitrogen and oxygen atoms in total. The van der Waals surface area contributed by atoms with Gasteiger partial charge in [-0.3, -0.25) is 14.9 Å². The molecule has 2 rings (SSSR count). The van der Waals surface area contributed by atoms with Crippen LogP contribution in [0.3, 0.4) is 0 Å². The maximum Gasteiger partial charge on any atom is 0.270 e. The molecule has 0 aromatic heterocycles. The maximum absolute atomic E-state index is 12.2. The van der Waals surface area contributed by atoms with Gasteiger partial charge < -0.3 is 10.6 Å². The fraction of sp³-hybridized carbons (Fsp3) is 0.462. The minimum absolute atomic E-state index is 0.0806. The number of hydrogen-bond acceptors (Lipinski definition) is 4. The SMILES string of the molecule is CNc1ccc([N+](=O)[O-])cc1C(=O)NC1(C)CCC1. The Kier molecular flexibility index (Phi) is 3.42. The summed E-state index contributed by atoms with van der Waals surface area (Å²) in [7, 11) is 1.68. The van der Waals surface area contributed by atoms with Crippen LogP contribution in [0.5, 0.6) is 0 Å². The van der Waals surface area contributed by atoms with Crippen molar-refractivity contribution in [1.82, 2.24) is 5.32 Å². The highest BCUT2D eigenvalue weighted by Gasteiger charge is 2.34. The third kappa shape index (κ3) is 2.67. The van der Waals surface area contributed by atoms with Crippen LogP contribution in [0.1, 0.15) is 36.5 Å². The van der Waals surface area contributed by atoms with Crippen molar-refractivity contribution in [2.75, 3.05) is 12.4 Å². The summed E-state index contributed by atoms with van der Waals surface area (Å²) in [5, 5.41) is 16.6. The summed E-state index contributed by atoms with van der Waals surface area (Å²) in [4.78, 5) is 22.5. The second kappa shape index (κ2) is 4.87. The van der Waals surface area contributed by atoms with E-state index in [1.165, 1.54) is 12.1 Å². The molecule has 2 N–H and O–H groups in total. The Bertz CT molecular complexity index is 524. The van der Waals surface area contributed by atoms with Gasteiger partial charge >= 0.3 is 0 Å². The lowest BCUT2D eigenvalue weighted by atomic mass is 9.78. The van der Waals surface area contributed by atoms with Gasteiger partial charge in [0.15, 0.2) is 0 Å². The maximum atomic E-state index is 12.2. The third-order valence-electron chi connectivity index (χ3n) is 3.60. The molecule has 1 aromatic carbocycles. The summed E-state index contributed by atoms with van der Waals surface area (Å²) in [6.45, 7) is 1.99. The molecule has 102 valence electrons. The second-order valence-corrected chi connectivity index (χ2v) is 5.11. The molecular weight excluding hydrogens is 246 g/mol. The lowest BCUT2D eigenvalue weighted by Gasteiger charge is -2.39. The lowest BCUT2D eigenvalue weighted by molar-refractivity contribution is -0.384. The number of nitrogens with zero attached hydrogens (tertiary/aromatic N) is 1. The van der Waals surface area contributed by atoms with Gasteiger partial charge in [-0.05, 0) is 32.3 Å². The fourth-order valence-electron chi connectivity index (χ4n) is 2.23. The van der Waals surface area contributed by atoms with Crippen molar-refractivity contribution < 1.29 is 9.72 Å². The molecule has 0 saturated heterocycles. The van der Waals surface area contributed by atoms with Gasteiger partial charge in [0, 0.05) is 30.4 Å². The van der Waals surface area contributed by atoms with Crippen LogP contribution >= 0.6 is 0 Å². The van der Waals surface area contributed by atoms with Gasteiger partial charge in [0.1, 0.15) is 0 Å². The largest absolute Gasteiger partial charge is 0.387 e. The highest BCUT2D eigenvalue weighted by atomic mass is 16.6. The van der Waals surface area contributed by atoms with Crippen molar-refractivity contribution in [3.05, 3.63) is 33.9 Å². The Morgan fingerprint density at radius 3 is 2.58 bits per heavy atom. The lowest BCUT2D eigenvalue weighted by Crippen LogP contribution is -2.51. The smallest absolute Gasteiger partial charge is 0.270 e. The molecule has 0 radical (unpaired) electrons. The highest BCUT2D eigenvalue weighted by Crippen LogP contribution is 2.32. The van der Waals surface area contributed by atoms with E-state index in [-0.39, 0.29) is 17.1 Å². The van der Waals surface area contributed by atoms with Crippen molar-refractivity contribution in [3.8, 4) is 0 Å². The fourth-order valence-corrected chi connectivity index (χ4v) is 2.23. The monoisotopic (exact) mass is 263 g/mol. The average molecular weight is 263 g/mol. The Balaban J connectivity index is 2.28. The minimum atomic E-state index is -0.499. The van der Waals surface area contributed by atoms with E-state index >= 15 is 0 Å². The van der Waals surface area contributed by atoms with Gasteiger partial charge in [0.05, 0.1) is 10.5 Å². The Morgan fingerprint density at radius 1 is 1.42 bits per heavy atom. The predicted octanol–water partition coefficient (Wildman–Crippen LogP) is 2.31. The first-order chi connectivity index (χ1) is 8.95. The van der Waals surface area contributed by atoms with E-state index in [9.17, 15) is 14.9 Å². The molecule has 1 aromatic rings. The van der Waals surface area contributed by atoms with Crippen molar-refractivity contribution in [1.29, 1.82) is 0 Å². The van der Waals surface area contributed by atoms with Crippen molar-refractivity contribution >= 4 is 17.3 Å². The molecule has 1 aliphatic rings. The standard InChI is InChI=1S/C13H17N3O3/c1-13(6-3-7-13)15-12(17)10-8-9(16(18)19)4-5-11(10)14-2/h4-5,8,14H,3,6-7H2,1-2H3,(H,15,17). The van der Waals surface area contributed by atoms with Crippen molar-refractivity contribution in [2.45, 2.75) is 31.7 Å². The first-order valence-electron chi connectivity index (χ1n) is 6.24. The van der Waals surface area contributed by atoms with Crippen LogP contribution < -0.4 is 10.6 Å². The summed E-state index contributed by atoms with van der Waals surface area (Å²) in [5.74, 6) is -0.268. The van der Waals surface area contributed by atoms with Gasteiger partial charge in [0.2, 0.25) is 0 Å². The molecule has 19 heavy (non-hydrogen) atoms. The Labute approximate surface area is 111 Å². The Hall–Kier alpha value is -2.11. The first-order valence-corrected chi connectivity index (χ1v) is 6.24. The minimum Gasteiger partial charge on any atom is -0.387 e. The average Bonchev–Trinajstić information content (AvgIpc) is 2.35. The molecule has 6 heteroatoms. The van der Waals surface area contributed by atoms with Crippen LogP contribution in [-0.2, 0) is 0 Å². The number of non-ortho nitro benzene ring substituents is 1. The van der Waals surface area contributed by atoms with E-state index in [1.54, 1.807) is 13.1 Å². The quantitative estimate of drug-likeness (QED) is 0.645. The number of benzene rings is 1. The molecule has 0 bridgehead atoms. The van der Waals surface area contributed by atoms with Gasteiger partial charge in [-0.1, -0.05) is 0 Å². The third-order valence-corrected chi connectivity index (χ3v) is 3.60. The van der Waals surface area contributed by atoms with Crippen LogP contribution in [0.25, 0.3) is 0 Å². The number of nitro benzene ring substituents is 1. The Morgan fingerprint density at radius 2 is 2.11 bits per heavy atom. The van der Waals surface area contributed by atoms with Crippen LogP contribution in [-0.4, -0.2) is 23.4 Å². The number of nitro groups is 1. The second-order valence-electron chi connectivity index (χ2n) is 5.11. The number of rotatable bonds is 4. The summed E-state index contributed by atoms with van der Waals surface area (Å²) >= 11 is 0. The highest BCUT2D eigenvalue weighted by molar-refractivity contribution is 6.00. The van der Waals surface area contributed by atoms with Crippen LogP contribution in [0, 0.1) is 10.1 Å². The van der Waals surface area contributed by atoms with E-state index in [4.69, 9.17) is 0 Å². The summed E-state index contributed by atoms with van der Waals surface area (Å²) in [5.41, 5.74) is 0.644. The van der Waals surface area contributed by atoms with Gasteiger partial charge in [-0.15, -0.1) is 0 Å². The molecule has 0 spiro atoms. The topological polar surface area (TPSA) is 84.3 Å². The molecule has 0 atom stereocenters. The molecule has 0 heterocycles. The van der Waals surface area contributed by atoms with E-state index < -0.39 is 4.92 Å². The van der Waals surface area contributed by atoms with E-state index in [0.29, 0.717) is 11.3 Å². The summed E-state index contributed by atoms with van der Waals surface area (Å²) in [6.07, 6.45) is 3.00. The van der Waals surface area contributed by atoms with E-state index in [0.717, 1.165) is 19.3 Å². The normalized spacial score (nSPS) is 16.3. The molecule has 1 fully saturated rings.